The highest BCUT2D eigenvalue weighted by Gasteiger charge is 2.13. The van der Waals surface area contributed by atoms with Gasteiger partial charge in [-0.1, -0.05) is 0 Å². The molecular formula is C25H23N7O3. The molecule has 0 radical (unpaired) electrons. The van der Waals surface area contributed by atoms with Crippen LogP contribution in [0.3, 0.4) is 0 Å². The highest BCUT2D eigenvalue weighted by Crippen LogP contribution is 2.30. The molecule has 5 aromatic rings. The van der Waals surface area contributed by atoms with E-state index in [1.807, 2.05) is 49.4 Å². The summed E-state index contributed by atoms with van der Waals surface area (Å²) in [5, 5.41) is 11.1. The van der Waals surface area contributed by atoms with Gasteiger partial charge in [-0.3, -0.25) is 4.79 Å². The maximum absolute atomic E-state index is 12.2. The maximum atomic E-state index is 12.2. The third kappa shape index (κ3) is 4.73. The zero-order chi connectivity index (χ0) is 24.4. The number of aryl methyl sites for hydroxylation is 1. The Kier molecular flexibility index (Phi) is 5.94. The Morgan fingerprint density at radius 3 is 2.69 bits per heavy atom. The van der Waals surface area contributed by atoms with Crippen LogP contribution in [0.4, 0.5) is 17.2 Å². The number of fused-ring (bicyclic) bond motifs is 2. The van der Waals surface area contributed by atoms with Gasteiger partial charge in [0.2, 0.25) is 0 Å². The summed E-state index contributed by atoms with van der Waals surface area (Å²) in [5.74, 6) is 1.79. The van der Waals surface area contributed by atoms with Crippen molar-refractivity contribution in [2.75, 3.05) is 17.7 Å². The first-order valence-corrected chi connectivity index (χ1v) is 10.9. The number of amides is 1. The van der Waals surface area contributed by atoms with E-state index in [1.54, 1.807) is 23.7 Å². The number of hydrogen-bond donors (Lipinski definition) is 2. The highest BCUT2D eigenvalue weighted by atomic mass is 16.5. The van der Waals surface area contributed by atoms with Crippen LogP contribution in [0.1, 0.15) is 12.5 Å². The van der Waals surface area contributed by atoms with E-state index in [-0.39, 0.29) is 5.91 Å². The van der Waals surface area contributed by atoms with Crippen LogP contribution < -0.4 is 15.4 Å². The Hall–Kier alpha value is -4.57. The molecule has 1 unspecified atom stereocenters. The summed E-state index contributed by atoms with van der Waals surface area (Å²) in [4.78, 5) is 25.1. The first-order chi connectivity index (χ1) is 17.0. The number of rotatable bonds is 7. The fraction of sp³-hybridized carbons (Fsp3) is 0.160. The van der Waals surface area contributed by atoms with Crippen molar-refractivity contribution in [3.8, 4) is 11.5 Å². The number of carbonyl (C=O) groups excluding carboxylic acids is 1. The largest absolute Gasteiger partial charge is 0.457 e. The van der Waals surface area contributed by atoms with Gasteiger partial charge < -0.3 is 20.1 Å². The molecule has 3 heterocycles. The molecule has 10 heteroatoms. The number of anilines is 3. The van der Waals surface area contributed by atoms with E-state index < -0.39 is 6.10 Å². The lowest BCUT2D eigenvalue weighted by molar-refractivity contribution is -0.124. The summed E-state index contributed by atoms with van der Waals surface area (Å²) in [6, 6.07) is 14.9. The Labute approximate surface area is 201 Å². The zero-order valence-corrected chi connectivity index (χ0v) is 19.4. The summed E-state index contributed by atoms with van der Waals surface area (Å²) >= 11 is 0. The van der Waals surface area contributed by atoms with E-state index >= 15 is 0 Å². The van der Waals surface area contributed by atoms with Crippen LogP contribution in [0.2, 0.25) is 0 Å². The number of carbonyl (C=O) groups is 1. The fourth-order valence-electron chi connectivity index (χ4n) is 3.55. The van der Waals surface area contributed by atoms with Gasteiger partial charge >= 0.3 is 0 Å². The minimum Gasteiger partial charge on any atom is -0.457 e. The molecule has 5 rings (SSSR count). The van der Waals surface area contributed by atoms with Crippen LogP contribution in [0.25, 0.3) is 16.6 Å². The molecular weight excluding hydrogens is 446 g/mol. The SMILES string of the molecule is COC(C)C(=O)Nc1ccc2ncnc(Nc3ccc(Oc4ccn5ncnc5c4)c(C)c3)c2c1. The van der Waals surface area contributed by atoms with E-state index in [0.717, 1.165) is 27.9 Å². The molecule has 3 aromatic heterocycles. The lowest BCUT2D eigenvalue weighted by atomic mass is 10.1. The summed E-state index contributed by atoms with van der Waals surface area (Å²) in [7, 11) is 1.49. The van der Waals surface area contributed by atoms with Crippen molar-refractivity contribution in [2.45, 2.75) is 20.0 Å². The standard InChI is InChI=1S/C25H23N7O3/c1-15-10-17(5-7-22(15)35-19-8-9-32-23(12-19)27-14-29-32)30-24-20-11-18(31-25(33)16(2)34-3)4-6-21(20)26-13-28-24/h4-14,16H,1-3H3,(H,31,33)(H,26,28,30). The molecule has 0 bridgehead atoms. The van der Waals surface area contributed by atoms with Gasteiger partial charge in [0, 0.05) is 36.1 Å². The second-order valence-corrected chi connectivity index (χ2v) is 7.95. The van der Waals surface area contributed by atoms with E-state index in [0.29, 0.717) is 22.9 Å². The van der Waals surface area contributed by atoms with Gasteiger partial charge in [-0.25, -0.2) is 19.5 Å². The van der Waals surface area contributed by atoms with Crippen molar-refractivity contribution in [1.82, 2.24) is 24.6 Å². The predicted molar refractivity (Wildman–Crippen MR) is 132 cm³/mol. The van der Waals surface area contributed by atoms with Crippen LogP contribution in [0.5, 0.6) is 11.5 Å². The summed E-state index contributed by atoms with van der Waals surface area (Å²) in [6.07, 6.45) is 4.24. The molecule has 0 aliphatic heterocycles. The zero-order valence-electron chi connectivity index (χ0n) is 19.4. The average molecular weight is 470 g/mol. The minimum atomic E-state index is -0.558. The number of nitrogens with one attached hydrogen (secondary N) is 2. The maximum Gasteiger partial charge on any atom is 0.253 e. The summed E-state index contributed by atoms with van der Waals surface area (Å²) in [5.41, 5.74) is 3.87. The molecule has 35 heavy (non-hydrogen) atoms. The van der Waals surface area contributed by atoms with E-state index in [4.69, 9.17) is 9.47 Å². The van der Waals surface area contributed by atoms with Gasteiger partial charge in [0.25, 0.3) is 5.91 Å². The summed E-state index contributed by atoms with van der Waals surface area (Å²) in [6.45, 7) is 3.66. The number of benzene rings is 2. The molecule has 2 N–H and O–H groups in total. The van der Waals surface area contributed by atoms with E-state index in [9.17, 15) is 4.79 Å². The third-order valence-corrected chi connectivity index (χ3v) is 5.54. The molecule has 10 nitrogen and oxygen atoms in total. The van der Waals surface area contributed by atoms with Crippen LogP contribution in [-0.2, 0) is 9.53 Å². The molecule has 176 valence electrons. The van der Waals surface area contributed by atoms with Gasteiger partial charge in [-0.05, 0) is 61.9 Å². The Morgan fingerprint density at radius 2 is 1.86 bits per heavy atom. The van der Waals surface area contributed by atoms with E-state index in [1.165, 1.54) is 19.8 Å². The second kappa shape index (κ2) is 9.35. The topological polar surface area (TPSA) is 116 Å². The first kappa shape index (κ1) is 22.2. The van der Waals surface area contributed by atoms with Gasteiger partial charge in [0.1, 0.15) is 36.1 Å². The number of aromatic nitrogens is 5. The molecule has 0 aliphatic rings. The van der Waals surface area contributed by atoms with Gasteiger partial charge in [-0.15, -0.1) is 0 Å². The minimum absolute atomic E-state index is 0.229. The van der Waals surface area contributed by atoms with Gasteiger partial charge in [0.15, 0.2) is 5.65 Å². The van der Waals surface area contributed by atoms with Crippen molar-refractivity contribution in [2.24, 2.45) is 0 Å². The Bertz CT molecular complexity index is 1530. The lowest BCUT2D eigenvalue weighted by Crippen LogP contribution is -2.26. The Morgan fingerprint density at radius 1 is 1.00 bits per heavy atom. The molecule has 1 amide bonds. The van der Waals surface area contributed by atoms with Crippen LogP contribution in [0.15, 0.2) is 67.4 Å². The van der Waals surface area contributed by atoms with E-state index in [2.05, 4.69) is 30.7 Å². The number of hydrogen-bond acceptors (Lipinski definition) is 8. The number of ether oxygens (including phenoxy) is 2. The monoisotopic (exact) mass is 469 g/mol. The van der Waals surface area contributed by atoms with Crippen molar-refractivity contribution in [3.05, 3.63) is 72.9 Å². The highest BCUT2D eigenvalue weighted by molar-refractivity contribution is 5.98. The molecule has 0 fully saturated rings. The summed E-state index contributed by atoms with van der Waals surface area (Å²) < 4.78 is 12.8. The molecule has 2 aromatic carbocycles. The molecule has 1 atom stereocenters. The molecule has 0 saturated carbocycles. The predicted octanol–water partition coefficient (Wildman–Crippen LogP) is 4.49. The Balaban J connectivity index is 1.37. The van der Waals surface area contributed by atoms with Gasteiger partial charge in [0.05, 0.1) is 5.52 Å². The van der Waals surface area contributed by atoms with Gasteiger partial charge in [-0.2, -0.15) is 5.10 Å². The fourth-order valence-corrected chi connectivity index (χ4v) is 3.55. The second-order valence-electron chi connectivity index (χ2n) is 7.95. The smallest absolute Gasteiger partial charge is 0.253 e. The molecule has 0 aliphatic carbocycles. The third-order valence-electron chi connectivity index (χ3n) is 5.54. The molecule has 0 spiro atoms. The number of methoxy groups -OCH3 is 1. The van der Waals surface area contributed by atoms with Crippen LogP contribution >= 0.6 is 0 Å². The number of nitrogens with zero attached hydrogens (tertiary/aromatic N) is 5. The average Bonchev–Trinajstić information content (AvgIpc) is 3.33. The van der Waals surface area contributed by atoms with Crippen molar-refractivity contribution in [3.63, 3.8) is 0 Å². The van der Waals surface area contributed by atoms with Crippen molar-refractivity contribution in [1.29, 1.82) is 0 Å². The normalized spacial score (nSPS) is 12.0. The quantitative estimate of drug-likeness (QED) is 0.358. The lowest BCUT2D eigenvalue weighted by Gasteiger charge is -2.14. The number of pyridine rings is 1. The molecule has 0 saturated heterocycles. The van der Waals surface area contributed by atoms with Crippen molar-refractivity contribution >= 4 is 39.6 Å². The van der Waals surface area contributed by atoms with Crippen LogP contribution in [0, 0.1) is 6.92 Å². The van der Waals surface area contributed by atoms with Crippen LogP contribution in [-0.4, -0.2) is 43.7 Å². The van der Waals surface area contributed by atoms with Crippen molar-refractivity contribution < 1.29 is 14.3 Å². The first-order valence-electron chi connectivity index (χ1n) is 10.9.